The average Bonchev–Trinajstić information content (AvgIpc) is 3.07. The lowest BCUT2D eigenvalue weighted by molar-refractivity contribution is -0.114. The second kappa shape index (κ2) is 14.0. The first-order valence-electron chi connectivity index (χ1n) is 15.5. The van der Waals surface area contributed by atoms with Crippen LogP contribution in [-0.4, -0.2) is 55.1 Å². The molecule has 2 aliphatic heterocycles. The van der Waals surface area contributed by atoms with Crippen molar-refractivity contribution in [3.05, 3.63) is 108 Å². The highest BCUT2D eigenvalue weighted by atomic mass is 19.1. The second-order valence-corrected chi connectivity index (χ2v) is 11.5. The van der Waals surface area contributed by atoms with Gasteiger partial charge >= 0.3 is 0 Å². The SMILES string of the molecule is C=CC(=O)Cc1ccc(F)c(-c2nc(Nc3cccc(N4CCCCC4)c3)ncc2Cc2ccc(N3CCOCC3)c(F)c2)c1. The molecule has 2 aliphatic rings. The van der Waals surface area contributed by atoms with E-state index >= 15 is 8.78 Å². The number of hydrogen-bond donors (Lipinski definition) is 1. The van der Waals surface area contributed by atoms with Gasteiger partial charge in [-0.2, -0.15) is 0 Å². The maximum Gasteiger partial charge on any atom is 0.227 e. The Bertz CT molecular complexity index is 1680. The van der Waals surface area contributed by atoms with Crippen LogP contribution in [0.4, 0.5) is 31.8 Å². The average molecular weight is 610 g/mol. The highest BCUT2D eigenvalue weighted by Gasteiger charge is 2.19. The van der Waals surface area contributed by atoms with Crippen LogP contribution in [0.15, 0.2) is 79.5 Å². The molecule has 3 heterocycles. The number of piperidine rings is 1. The number of nitrogens with one attached hydrogen (secondary N) is 1. The minimum Gasteiger partial charge on any atom is -0.378 e. The Balaban J connectivity index is 1.33. The van der Waals surface area contributed by atoms with Crippen LogP contribution in [0.25, 0.3) is 11.3 Å². The van der Waals surface area contributed by atoms with E-state index in [0.717, 1.165) is 24.5 Å². The molecule has 232 valence electrons. The molecule has 2 saturated heterocycles. The van der Waals surface area contributed by atoms with Crippen molar-refractivity contribution in [2.75, 3.05) is 54.5 Å². The van der Waals surface area contributed by atoms with Crippen molar-refractivity contribution in [1.82, 2.24) is 9.97 Å². The summed E-state index contributed by atoms with van der Waals surface area (Å²) in [5, 5.41) is 3.30. The Morgan fingerprint density at radius 1 is 0.911 bits per heavy atom. The lowest BCUT2D eigenvalue weighted by atomic mass is 9.97. The van der Waals surface area contributed by atoms with Crippen LogP contribution < -0.4 is 15.1 Å². The fourth-order valence-corrected chi connectivity index (χ4v) is 5.97. The van der Waals surface area contributed by atoms with Gasteiger partial charge in [-0.1, -0.05) is 24.8 Å². The molecular weight excluding hydrogens is 572 g/mol. The van der Waals surface area contributed by atoms with Gasteiger partial charge in [-0.15, -0.1) is 0 Å². The summed E-state index contributed by atoms with van der Waals surface area (Å²) in [6, 6.07) is 17.9. The Labute approximate surface area is 262 Å². The van der Waals surface area contributed by atoms with E-state index in [1.165, 1.54) is 37.5 Å². The fourth-order valence-electron chi connectivity index (χ4n) is 5.97. The van der Waals surface area contributed by atoms with Gasteiger partial charge in [-0.3, -0.25) is 4.79 Å². The summed E-state index contributed by atoms with van der Waals surface area (Å²) in [4.78, 5) is 25.8. The molecule has 0 spiro atoms. The number of allylic oxidation sites excluding steroid dienone is 1. The first-order chi connectivity index (χ1) is 22.0. The van der Waals surface area contributed by atoms with Crippen molar-refractivity contribution in [3.8, 4) is 11.3 Å². The van der Waals surface area contributed by atoms with Gasteiger partial charge in [0.15, 0.2) is 5.78 Å². The second-order valence-electron chi connectivity index (χ2n) is 11.5. The topological polar surface area (TPSA) is 70.6 Å². The number of benzene rings is 3. The third-order valence-electron chi connectivity index (χ3n) is 8.34. The highest BCUT2D eigenvalue weighted by Crippen LogP contribution is 2.31. The molecule has 9 heteroatoms. The van der Waals surface area contributed by atoms with E-state index < -0.39 is 5.82 Å². The molecule has 0 atom stereocenters. The predicted molar refractivity (Wildman–Crippen MR) is 174 cm³/mol. The van der Waals surface area contributed by atoms with Crippen LogP contribution in [0.2, 0.25) is 0 Å². The number of nitrogens with zero attached hydrogens (tertiary/aromatic N) is 4. The summed E-state index contributed by atoms with van der Waals surface area (Å²) in [5.74, 6) is -0.649. The summed E-state index contributed by atoms with van der Waals surface area (Å²) in [6.07, 6.45) is 6.90. The monoisotopic (exact) mass is 609 g/mol. The third-order valence-corrected chi connectivity index (χ3v) is 8.34. The Kier molecular flexibility index (Phi) is 9.45. The molecule has 1 aromatic heterocycles. The van der Waals surface area contributed by atoms with Gasteiger partial charge in [0.25, 0.3) is 0 Å². The molecule has 0 bridgehead atoms. The van der Waals surface area contributed by atoms with Crippen LogP contribution in [0, 0.1) is 11.6 Å². The molecule has 7 nitrogen and oxygen atoms in total. The maximum atomic E-state index is 15.5. The van der Waals surface area contributed by atoms with E-state index in [0.29, 0.717) is 60.3 Å². The molecular formula is C36H37F2N5O2. The van der Waals surface area contributed by atoms with Crippen LogP contribution in [0.5, 0.6) is 0 Å². The molecule has 0 radical (unpaired) electrons. The zero-order valence-corrected chi connectivity index (χ0v) is 25.3. The minimum absolute atomic E-state index is 0.0970. The van der Waals surface area contributed by atoms with Crippen LogP contribution >= 0.6 is 0 Å². The molecule has 0 unspecified atom stereocenters. The molecule has 6 rings (SSSR count). The van der Waals surface area contributed by atoms with E-state index in [-0.39, 0.29) is 30.0 Å². The van der Waals surface area contributed by atoms with Crippen molar-refractivity contribution in [2.24, 2.45) is 0 Å². The van der Waals surface area contributed by atoms with Gasteiger partial charge in [0.05, 0.1) is 24.6 Å². The highest BCUT2D eigenvalue weighted by molar-refractivity contribution is 5.91. The number of ketones is 1. The smallest absolute Gasteiger partial charge is 0.227 e. The van der Waals surface area contributed by atoms with E-state index in [1.807, 2.05) is 23.1 Å². The number of rotatable bonds is 10. The van der Waals surface area contributed by atoms with Gasteiger partial charge in [0.2, 0.25) is 5.95 Å². The molecule has 1 N–H and O–H groups in total. The number of anilines is 4. The standard InChI is InChI=1S/C36H37F2N5O2/c1-2-30(44)20-26-9-11-32(37)31(21-26)35-27(19-25-10-12-34(33(38)22-25)43-15-17-45-18-16-43)24-39-36(41-35)40-28-7-6-8-29(23-28)42-13-4-3-5-14-42/h2,6-12,21-24H,1,3-5,13-20H2,(H,39,40,41). The molecule has 3 aromatic carbocycles. The van der Waals surface area contributed by atoms with Gasteiger partial charge in [-0.05, 0) is 78.9 Å². The number of ether oxygens (including phenoxy) is 1. The molecule has 0 aliphatic carbocycles. The summed E-state index contributed by atoms with van der Waals surface area (Å²) < 4.78 is 36.2. The molecule has 2 fully saturated rings. The van der Waals surface area contributed by atoms with E-state index in [2.05, 4.69) is 33.9 Å². The van der Waals surface area contributed by atoms with Gasteiger partial charge < -0.3 is 19.9 Å². The molecule has 45 heavy (non-hydrogen) atoms. The predicted octanol–water partition coefficient (Wildman–Crippen LogP) is 6.88. The Morgan fingerprint density at radius 3 is 2.49 bits per heavy atom. The zero-order chi connectivity index (χ0) is 31.2. The lowest BCUT2D eigenvalue weighted by Crippen LogP contribution is -2.36. The molecule has 0 amide bonds. The summed E-state index contributed by atoms with van der Waals surface area (Å²) >= 11 is 0. The zero-order valence-electron chi connectivity index (χ0n) is 25.3. The molecule has 4 aromatic rings. The normalized spacial score (nSPS) is 15.2. The first-order valence-corrected chi connectivity index (χ1v) is 15.5. The Hall–Kier alpha value is -4.63. The number of carbonyl (C=O) groups is 1. The summed E-state index contributed by atoms with van der Waals surface area (Å²) in [5.41, 5.74) is 5.10. The van der Waals surface area contributed by atoms with E-state index in [4.69, 9.17) is 9.72 Å². The summed E-state index contributed by atoms with van der Waals surface area (Å²) in [7, 11) is 0. The number of carbonyl (C=O) groups excluding carboxylic acids is 1. The number of aromatic nitrogens is 2. The van der Waals surface area contributed by atoms with Crippen molar-refractivity contribution < 1.29 is 18.3 Å². The van der Waals surface area contributed by atoms with Gasteiger partial charge in [0.1, 0.15) is 11.6 Å². The minimum atomic E-state index is -0.475. The van der Waals surface area contributed by atoms with Crippen molar-refractivity contribution in [3.63, 3.8) is 0 Å². The first kappa shape index (κ1) is 30.4. The largest absolute Gasteiger partial charge is 0.378 e. The number of morpholine rings is 1. The van der Waals surface area contributed by atoms with E-state index in [9.17, 15) is 4.79 Å². The summed E-state index contributed by atoms with van der Waals surface area (Å²) in [6.45, 7) is 7.99. The third kappa shape index (κ3) is 7.37. The Morgan fingerprint density at radius 2 is 1.71 bits per heavy atom. The van der Waals surface area contributed by atoms with Crippen molar-refractivity contribution >= 4 is 28.8 Å². The lowest BCUT2D eigenvalue weighted by Gasteiger charge is -2.29. The fraction of sp³-hybridized carbons (Fsp3) is 0.306. The van der Waals surface area contributed by atoms with Crippen LogP contribution in [-0.2, 0) is 22.4 Å². The van der Waals surface area contributed by atoms with Gasteiger partial charge in [0, 0.05) is 67.7 Å². The number of hydrogen-bond acceptors (Lipinski definition) is 7. The molecule has 0 saturated carbocycles. The van der Waals surface area contributed by atoms with Crippen LogP contribution in [0.1, 0.15) is 36.0 Å². The number of halogens is 2. The van der Waals surface area contributed by atoms with Crippen LogP contribution in [0.3, 0.4) is 0 Å². The maximum absolute atomic E-state index is 15.5. The van der Waals surface area contributed by atoms with Crippen molar-refractivity contribution in [1.29, 1.82) is 0 Å². The van der Waals surface area contributed by atoms with E-state index in [1.54, 1.807) is 24.4 Å². The van der Waals surface area contributed by atoms with Gasteiger partial charge in [-0.25, -0.2) is 18.7 Å². The van der Waals surface area contributed by atoms with Crippen molar-refractivity contribution in [2.45, 2.75) is 32.1 Å². The quantitative estimate of drug-likeness (QED) is 0.197.